The van der Waals surface area contributed by atoms with Crippen LogP contribution in [0.2, 0.25) is 5.02 Å². The number of hydrogen-bond acceptors (Lipinski definition) is 2. The molecule has 0 spiro atoms. The molecule has 0 aliphatic heterocycles. The van der Waals surface area contributed by atoms with E-state index in [1.807, 2.05) is 13.1 Å². The molecule has 1 aromatic rings. The summed E-state index contributed by atoms with van der Waals surface area (Å²) in [6.45, 7) is 0.894. The van der Waals surface area contributed by atoms with Crippen LogP contribution in [0.15, 0.2) is 18.2 Å². The molecule has 0 amide bonds. The summed E-state index contributed by atoms with van der Waals surface area (Å²) in [5.41, 5.74) is 1.69. The number of halogens is 1. The van der Waals surface area contributed by atoms with E-state index in [0.29, 0.717) is 10.6 Å². The van der Waals surface area contributed by atoms with Gasteiger partial charge in [0, 0.05) is 5.02 Å². The van der Waals surface area contributed by atoms with Crippen LogP contribution >= 0.6 is 11.6 Å². The lowest BCUT2D eigenvalue weighted by molar-refractivity contribution is 0.792. The van der Waals surface area contributed by atoms with Gasteiger partial charge in [-0.1, -0.05) is 17.7 Å². The van der Waals surface area contributed by atoms with Crippen LogP contribution in [0, 0.1) is 11.3 Å². The normalized spacial score (nSPS) is 9.62. The molecule has 0 saturated heterocycles. The third-order valence-corrected chi connectivity index (χ3v) is 2.18. The Morgan fingerprint density at radius 1 is 1.54 bits per heavy atom. The van der Waals surface area contributed by atoms with Crippen molar-refractivity contribution in [2.45, 2.75) is 6.42 Å². The van der Waals surface area contributed by atoms with Gasteiger partial charge in [-0.2, -0.15) is 5.26 Å². The lowest BCUT2D eigenvalue weighted by Crippen LogP contribution is -2.10. The van der Waals surface area contributed by atoms with Gasteiger partial charge in [-0.15, -0.1) is 0 Å². The first-order valence-corrected chi connectivity index (χ1v) is 4.49. The predicted octanol–water partition coefficient (Wildman–Crippen LogP) is 1.97. The fourth-order valence-corrected chi connectivity index (χ4v) is 1.35. The first-order chi connectivity index (χ1) is 6.27. The Bertz CT molecular complexity index is 328. The molecule has 0 bridgehead atoms. The van der Waals surface area contributed by atoms with Crippen molar-refractivity contribution in [3.63, 3.8) is 0 Å². The molecule has 0 atom stereocenters. The number of nitrogens with zero attached hydrogens (tertiary/aromatic N) is 1. The van der Waals surface area contributed by atoms with Gasteiger partial charge in [0.2, 0.25) is 0 Å². The summed E-state index contributed by atoms with van der Waals surface area (Å²) in [5, 5.41) is 12.3. The summed E-state index contributed by atoms with van der Waals surface area (Å²) in [4.78, 5) is 0. The number of benzene rings is 1. The van der Waals surface area contributed by atoms with Crippen LogP contribution in [-0.2, 0) is 6.42 Å². The zero-order chi connectivity index (χ0) is 9.68. The average Bonchev–Trinajstić information content (AvgIpc) is 2.16. The molecule has 3 heteroatoms. The summed E-state index contributed by atoms with van der Waals surface area (Å²) in [6.07, 6.45) is 0.890. The van der Waals surface area contributed by atoms with Crippen LogP contribution in [0.25, 0.3) is 0 Å². The average molecular weight is 195 g/mol. The van der Waals surface area contributed by atoms with E-state index in [9.17, 15) is 0 Å². The van der Waals surface area contributed by atoms with Crippen molar-refractivity contribution in [3.8, 4) is 6.07 Å². The fraction of sp³-hybridized carbons (Fsp3) is 0.300. The zero-order valence-electron chi connectivity index (χ0n) is 7.47. The van der Waals surface area contributed by atoms with E-state index in [1.165, 1.54) is 0 Å². The number of hydrogen-bond donors (Lipinski definition) is 1. The molecular formula is C10H11ClN2. The van der Waals surface area contributed by atoms with Crippen molar-refractivity contribution in [3.05, 3.63) is 34.3 Å². The Morgan fingerprint density at radius 2 is 2.31 bits per heavy atom. The van der Waals surface area contributed by atoms with Crippen molar-refractivity contribution in [2.24, 2.45) is 0 Å². The van der Waals surface area contributed by atoms with E-state index in [2.05, 4.69) is 11.4 Å². The molecule has 1 rings (SSSR count). The topological polar surface area (TPSA) is 35.8 Å². The predicted molar refractivity (Wildman–Crippen MR) is 53.8 cm³/mol. The molecule has 13 heavy (non-hydrogen) atoms. The minimum Gasteiger partial charge on any atom is -0.319 e. The van der Waals surface area contributed by atoms with E-state index in [0.717, 1.165) is 18.5 Å². The van der Waals surface area contributed by atoms with Gasteiger partial charge < -0.3 is 5.32 Å². The van der Waals surface area contributed by atoms with Gasteiger partial charge in [0.25, 0.3) is 0 Å². The van der Waals surface area contributed by atoms with Crippen LogP contribution in [0.5, 0.6) is 0 Å². The van der Waals surface area contributed by atoms with Gasteiger partial charge in [-0.25, -0.2) is 0 Å². The second-order valence-corrected chi connectivity index (χ2v) is 3.18. The van der Waals surface area contributed by atoms with Gasteiger partial charge in [0.15, 0.2) is 0 Å². The van der Waals surface area contributed by atoms with Crippen LogP contribution in [0.1, 0.15) is 11.1 Å². The SMILES string of the molecule is CNCCc1ccc(C#N)cc1Cl. The zero-order valence-corrected chi connectivity index (χ0v) is 8.23. The maximum atomic E-state index is 8.61. The minimum absolute atomic E-state index is 0.609. The molecule has 0 aromatic heterocycles. The Balaban J connectivity index is 2.81. The summed E-state index contributed by atoms with van der Waals surface area (Å²) in [7, 11) is 1.90. The molecule has 1 N–H and O–H groups in total. The number of nitrogens with one attached hydrogen (secondary N) is 1. The summed E-state index contributed by atoms with van der Waals surface area (Å²) in [6, 6.07) is 7.44. The molecule has 0 aliphatic carbocycles. The van der Waals surface area contributed by atoms with E-state index in [4.69, 9.17) is 16.9 Å². The van der Waals surface area contributed by atoms with Crippen molar-refractivity contribution in [2.75, 3.05) is 13.6 Å². The molecule has 68 valence electrons. The Kier molecular flexibility index (Phi) is 3.75. The lowest BCUT2D eigenvalue weighted by atomic mass is 10.1. The van der Waals surface area contributed by atoms with E-state index in [1.54, 1.807) is 12.1 Å². The van der Waals surface area contributed by atoms with Crippen molar-refractivity contribution in [1.82, 2.24) is 5.32 Å². The van der Waals surface area contributed by atoms with E-state index in [-0.39, 0.29) is 0 Å². The van der Waals surface area contributed by atoms with Gasteiger partial charge in [-0.3, -0.25) is 0 Å². The largest absolute Gasteiger partial charge is 0.319 e. The van der Waals surface area contributed by atoms with Gasteiger partial charge in [0.1, 0.15) is 0 Å². The summed E-state index contributed by atoms with van der Waals surface area (Å²) in [5.74, 6) is 0. The van der Waals surface area contributed by atoms with Crippen molar-refractivity contribution < 1.29 is 0 Å². The first-order valence-electron chi connectivity index (χ1n) is 4.11. The monoisotopic (exact) mass is 194 g/mol. The third-order valence-electron chi connectivity index (χ3n) is 1.83. The van der Waals surface area contributed by atoms with Gasteiger partial charge in [-0.05, 0) is 37.7 Å². The van der Waals surface area contributed by atoms with E-state index >= 15 is 0 Å². The standard InChI is InChI=1S/C10H11ClN2/c1-13-5-4-9-3-2-8(7-12)6-10(9)11/h2-3,6,13H,4-5H2,1H3. The molecule has 0 radical (unpaired) electrons. The molecular weight excluding hydrogens is 184 g/mol. The Hall–Kier alpha value is -1.04. The Labute approximate surface area is 83.1 Å². The molecule has 0 unspecified atom stereocenters. The quantitative estimate of drug-likeness (QED) is 0.799. The fourth-order valence-electron chi connectivity index (χ4n) is 1.08. The Morgan fingerprint density at radius 3 is 2.85 bits per heavy atom. The summed E-state index contributed by atoms with van der Waals surface area (Å²) >= 11 is 5.97. The molecule has 0 aliphatic rings. The maximum Gasteiger partial charge on any atom is 0.0992 e. The highest BCUT2D eigenvalue weighted by Crippen LogP contribution is 2.17. The van der Waals surface area contributed by atoms with Crippen LogP contribution in [-0.4, -0.2) is 13.6 Å². The minimum atomic E-state index is 0.609. The molecule has 2 nitrogen and oxygen atoms in total. The van der Waals surface area contributed by atoms with E-state index < -0.39 is 0 Å². The summed E-state index contributed by atoms with van der Waals surface area (Å²) < 4.78 is 0. The van der Waals surface area contributed by atoms with Crippen LogP contribution < -0.4 is 5.32 Å². The number of rotatable bonds is 3. The van der Waals surface area contributed by atoms with Crippen LogP contribution in [0.4, 0.5) is 0 Å². The molecule has 0 saturated carbocycles. The highest BCUT2D eigenvalue weighted by Gasteiger charge is 2.00. The number of likely N-dealkylation sites (N-methyl/N-ethyl adjacent to an activating group) is 1. The van der Waals surface area contributed by atoms with Crippen molar-refractivity contribution >= 4 is 11.6 Å². The van der Waals surface area contributed by atoms with Gasteiger partial charge in [0.05, 0.1) is 11.6 Å². The smallest absolute Gasteiger partial charge is 0.0992 e. The second kappa shape index (κ2) is 4.86. The molecule has 0 fully saturated rings. The maximum absolute atomic E-state index is 8.61. The third kappa shape index (κ3) is 2.73. The van der Waals surface area contributed by atoms with Gasteiger partial charge >= 0.3 is 0 Å². The van der Waals surface area contributed by atoms with Crippen LogP contribution in [0.3, 0.4) is 0 Å². The number of nitriles is 1. The second-order valence-electron chi connectivity index (χ2n) is 2.77. The molecule has 0 heterocycles. The highest BCUT2D eigenvalue weighted by molar-refractivity contribution is 6.31. The van der Waals surface area contributed by atoms with Crippen molar-refractivity contribution in [1.29, 1.82) is 5.26 Å². The first kappa shape index (κ1) is 10.0. The molecule has 1 aromatic carbocycles. The lowest BCUT2D eigenvalue weighted by Gasteiger charge is -2.03. The highest BCUT2D eigenvalue weighted by atomic mass is 35.5.